The summed E-state index contributed by atoms with van der Waals surface area (Å²) in [5.74, 6) is -0.727. The maximum absolute atomic E-state index is 11.5. The van der Waals surface area contributed by atoms with Gasteiger partial charge in [-0.2, -0.15) is 4.99 Å². The molecule has 2 amide bonds. The minimum atomic E-state index is -0.468. The lowest BCUT2D eigenvalue weighted by atomic mass is 10.3. The number of morpholine rings is 1. The van der Waals surface area contributed by atoms with E-state index in [1.165, 1.54) is 11.8 Å². The van der Waals surface area contributed by atoms with Crippen LogP contribution in [-0.4, -0.2) is 53.4 Å². The number of thioether (sulfide) groups is 1. The number of hydrogen-bond donors (Lipinski definition) is 1. The smallest absolute Gasteiger partial charge is 0.262 e. The fourth-order valence-electron chi connectivity index (χ4n) is 1.58. The summed E-state index contributed by atoms with van der Waals surface area (Å²) < 4.78 is 5.21. The minimum Gasteiger partial charge on any atom is -0.378 e. The zero-order chi connectivity index (χ0) is 11.5. The van der Waals surface area contributed by atoms with Gasteiger partial charge in [0.15, 0.2) is 5.17 Å². The van der Waals surface area contributed by atoms with Crippen LogP contribution in [0, 0.1) is 0 Å². The maximum atomic E-state index is 11.5. The predicted octanol–water partition coefficient (Wildman–Crippen LogP) is -0.808. The molecule has 2 aliphatic rings. The molecule has 2 N–H and O–H groups in total. The van der Waals surface area contributed by atoms with Crippen LogP contribution in [0.15, 0.2) is 4.99 Å². The Morgan fingerprint density at radius 3 is 2.88 bits per heavy atom. The van der Waals surface area contributed by atoms with E-state index >= 15 is 0 Å². The minimum absolute atomic E-state index is 0.0564. The van der Waals surface area contributed by atoms with Gasteiger partial charge in [-0.15, -0.1) is 0 Å². The number of rotatable bonds is 2. The Balaban J connectivity index is 1.95. The van der Waals surface area contributed by atoms with E-state index in [4.69, 9.17) is 10.5 Å². The van der Waals surface area contributed by atoms with Crippen molar-refractivity contribution in [1.82, 2.24) is 4.90 Å². The number of nitrogens with zero attached hydrogens (tertiary/aromatic N) is 2. The number of hydrogen-bond acceptors (Lipinski definition) is 5. The number of ether oxygens (including phenoxy) is 1. The lowest BCUT2D eigenvalue weighted by Crippen LogP contribution is -2.39. The SMILES string of the molecule is NC(=O)C[C@H]1SC(N2CCOCC2)=NC1=O. The van der Waals surface area contributed by atoms with Crippen LogP contribution in [0.5, 0.6) is 0 Å². The molecule has 0 bridgehead atoms. The first-order valence-corrected chi connectivity index (χ1v) is 5.95. The van der Waals surface area contributed by atoms with Crippen molar-refractivity contribution in [2.75, 3.05) is 26.3 Å². The van der Waals surface area contributed by atoms with Gasteiger partial charge >= 0.3 is 0 Å². The van der Waals surface area contributed by atoms with Crippen LogP contribution in [0.2, 0.25) is 0 Å². The average Bonchev–Trinajstić information content (AvgIpc) is 2.61. The van der Waals surface area contributed by atoms with E-state index in [0.29, 0.717) is 18.4 Å². The summed E-state index contributed by atoms with van der Waals surface area (Å²) in [5, 5.41) is 0.259. The van der Waals surface area contributed by atoms with Gasteiger partial charge in [0.2, 0.25) is 5.91 Å². The van der Waals surface area contributed by atoms with E-state index < -0.39 is 11.2 Å². The lowest BCUT2D eigenvalue weighted by molar-refractivity contribution is -0.122. The summed E-state index contributed by atoms with van der Waals surface area (Å²) >= 11 is 1.32. The number of amidine groups is 1. The third-order valence-electron chi connectivity index (χ3n) is 2.40. The van der Waals surface area contributed by atoms with Gasteiger partial charge in [0.1, 0.15) is 5.25 Å². The topological polar surface area (TPSA) is 85.0 Å². The summed E-state index contributed by atoms with van der Waals surface area (Å²) in [6, 6.07) is 0. The first-order chi connectivity index (χ1) is 7.66. The molecule has 1 saturated heterocycles. The van der Waals surface area contributed by atoms with E-state index in [0.717, 1.165) is 13.1 Å². The third kappa shape index (κ3) is 2.53. The molecular weight excluding hydrogens is 230 g/mol. The van der Waals surface area contributed by atoms with Gasteiger partial charge in [0.05, 0.1) is 13.2 Å². The first-order valence-electron chi connectivity index (χ1n) is 5.07. The zero-order valence-electron chi connectivity index (χ0n) is 8.72. The van der Waals surface area contributed by atoms with Gasteiger partial charge < -0.3 is 15.4 Å². The summed E-state index contributed by atoms with van der Waals surface area (Å²) in [5.41, 5.74) is 5.07. The molecule has 6 nitrogen and oxygen atoms in total. The van der Waals surface area contributed by atoms with Crippen LogP contribution in [-0.2, 0) is 14.3 Å². The Morgan fingerprint density at radius 2 is 2.25 bits per heavy atom. The standard InChI is InChI=1S/C9H13N3O3S/c10-7(13)5-6-8(14)11-9(16-6)12-1-3-15-4-2-12/h6H,1-5H2,(H2,10,13)/t6-/m1/s1. The molecule has 2 aliphatic heterocycles. The van der Waals surface area contributed by atoms with Gasteiger partial charge in [-0.1, -0.05) is 11.8 Å². The van der Waals surface area contributed by atoms with E-state index in [1.54, 1.807) is 0 Å². The highest BCUT2D eigenvalue weighted by molar-refractivity contribution is 8.15. The second kappa shape index (κ2) is 4.84. The summed E-state index contributed by atoms with van der Waals surface area (Å²) in [7, 11) is 0. The highest BCUT2D eigenvalue weighted by Gasteiger charge is 2.32. The molecule has 2 rings (SSSR count). The molecule has 0 unspecified atom stereocenters. The van der Waals surface area contributed by atoms with E-state index in [2.05, 4.69) is 4.99 Å². The second-order valence-corrected chi connectivity index (χ2v) is 4.78. The molecule has 16 heavy (non-hydrogen) atoms. The average molecular weight is 243 g/mol. The monoisotopic (exact) mass is 243 g/mol. The summed E-state index contributed by atoms with van der Waals surface area (Å²) in [6.07, 6.45) is 0.0564. The molecule has 1 fully saturated rings. The zero-order valence-corrected chi connectivity index (χ0v) is 9.53. The molecule has 0 aromatic rings. The lowest BCUT2D eigenvalue weighted by Gasteiger charge is -2.27. The van der Waals surface area contributed by atoms with Crippen LogP contribution in [0.25, 0.3) is 0 Å². The highest BCUT2D eigenvalue weighted by Crippen LogP contribution is 2.27. The van der Waals surface area contributed by atoms with Crippen LogP contribution in [0.1, 0.15) is 6.42 Å². The van der Waals surface area contributed by atoms with E-state index in [9.17, 15) is 9.59 Å². The van der Waals surface area contributed by atoms with Crippen molar-refractivity contribution in [3.05, 3.63) is 0 Å². The normalized spacial score (nSPS) is 25.8. The molecule has 7 heteroatoms. The fraction of sp³-hybridized carbons (Fsp3) is 0.667. The summed E-state index contributed by atoms with van der Waals surface area (Å²) in [6.45, 7) is 2.77. The predicted molar refractivity (Wildman–Crippen MR) is 60.0 cm³/mol. The molecule has 0 aliphatic carbocycles. The van der Waals surface area contributed by atoms with Crippen molar-refractivity contribution in [2.24, 2.45) is 10.7 Å². The molecule has 0 saturated carbocycles. The first kappa shape index (κ1) is 11.4. The number of aliphatic imine (C=N–C) groups is 1. The van der Waals surface area contributed by atoms with Crippen LogP contribution < -0.4 is 5.73 Å². The van der Waals surface area contributed by atoms with Crippen molar-refractivity contribution in [2.45, 2.75) is 11.7 Å². The molecule has 0 aromatic heterocycles. The van der Waals surface area contributed by atoms with E-state index in [-0.39, 0.29) is 12.3 Å². The molecule has 0 radical (unpaired) electrons. The summed E-state index contributed by atoms with van der Waals surface area (Å²) in [4.78, 5) is 28.2. The molecule has 0 spiro atoms. The van der Waals surface area contributed by atoms with Crippen molar-refractivity contribution in [3.8, 4) is 0 Å². The number of nitrogens with two attached hydrogens (primary N) is 1. The Kier molecular flexibility index (Phi) is 3.45. The molecular formula is C9H13N3O3S. The second-order valence-electron chi connectivity index (χ2n) is 3.61. The number of primary amides is 1. The van der Waals surface area contributed by atoms with E-state index in [1.807, 2.05) is 4.90 Å². The quantitative estimate of drug-likeness (QED) is 0.685. The molecule has 88 valence electrons. The van der Waals surface area contributed by atoms with Gasteiger partial charge in [-0.25, -0.2) is 0 Å². The number of carbonyl (C=O) groups is 2. The third-order valence-corrected chi connectivity index (χ3v) is 3.61. The van der Waals surface area contributed by atoms with Gasteiger partial charge in [0.25, 0.3) is 5.91 Å². The maximum Gasteiger partial charge on any atom is 0.262 e. The Bertz CT molecular complexity index is 339. The van der Waals surface area contributed by atoms with Crippen LogP contribution in [0.3, 0.4) is 0 Å². The Morgan fingerprint density at radius 1 is 1.56 bits per heavy atom. The molecule has 0 aromatic carbocycles. The molecule has 2 heterocycles. The van der Waals surface area contributed by atoms with Gasteiger partial charge in [0, 0.05) is 19.5 Å². The van der Waals surface area contributed by atoms with Gasteiger partial charge in [-0.05, 0) is 0 Å². The molecule has 1 atom stereocenters. The van der Waals surface area contributed by atoms with Crippen molar-refractivity contribution < 1.29 is 14.3 Å². The number of carbonyl (C=O) groups excluding carboxylic acids is 2. The van der Waals surface area contributed by atoms with Gasteiger partial charge in [-0.3, -0.25) is 9.59 Å². The highest BCUT2D eigenvalue weighted by atomic mass is 32.2. The Hall–Kier alpha value is -1.08. The van der Waals surface area contributed by atoms with Crippen molar-refractivity contribution in [3.63, 3.8) is 0 Å². The largest absolute Gasteiger partial charge is 0.378 e. The fourth-order valence-corrected chi connectivity index (χ4v) is 2.71. The van der Waals surface area contributed by atoms with Crippen LogP contribution in [0.4, 0.5) is 0 Å². The Labute approximate surface area is 97.2 Å². The van der Waals surface area contributed by atoms with Crippen LogP contribution >= 0.6 is 11.8 Å². The number of amides is 2. The van der Waals surface area contributed by atoms with Crippen molar-refractivity contribution >= 4 is 28.7 Å². The van der Waals surface area contributed by atoms with Crippen molar-refractivity contribution in [1.29, 1.82) is 0 Å².